The number of nitrogens with zero attached hydrogens (tertiary/aromatic N) is 1. The standard InChI is InChI=1S/C11H23N3O.HI/c1-12-11(13-8-5-9-15-2)14-10-6-3-4-7-10;/h10H,3-9H2,1-2H3,(H2,12,13,14);1H. The third-order valence-corrected chi connectivity index (χ3v) is 2.74. The Morgan fingerprint density at radius 2 is 2.06 bits per heavy atom. The fraction of sp³-hybridized carbons (Fsp3) is 0.909. The summed E-state index contributed by atoms with van der Waals surface area (Å²) in [6, 6.07) is 0.624. The smallest absolute Gasteiger partial charge is 0.191 e. The minimum atomic E-state index is 0. The molecule has 0 unspecified atom stereocenters. The van der Waals surface area contributed by atoms with E-state index in [1.54, 1.807) is 7.11 Å². The van der Waals surface area contributed by atoms with E-state index in [2.05, 4.69) is 15.6 Å². The van der Waals surface area contributed by atoms with Gasteiger partial charge < -0.3 is 15.4 Å². The average molecular weight is 341 g/mol. The molecule has 0 spiro atoms. The van der Waals surface area contributed by atoms with Crippen LogP contribution in [0.2, 0.25) is 0 Å². The van der Waals surface area contributed by atoms with Gasteiger partial charge in [0, 0.05) is 33.4 Å². The van der Waals surface area contributed by atoms with Crippen molar-refractivity contribution in [3.63, 3.8) is 0 Å². The first-order chi connectivity index (χ1) is 7.36. The Morgan fingerprint density at radius 3 is 2.62 bits per heavy atom. The molecule has 1 aliphatic rings. The Morgan fingerprint density at radius 1 is 1.38 bits per heavy atom. The van der Waals surface area contributed by atoms with Crippen LogP contribution in [0.15, 0.2) is 4.99 Å². The quantitative estimate of drug-likeness (QED) is 0.347. The minimum absolute atomic E-state index is 0. The summed E-state index contributed by atoms with van der Waals surface area (Å²) in [6.45, 7) is 1.72. The molecule has 0 amide bonds. The summed E-state index contributed by atoms with van der Waals surface area (Å²) in [5, 5.41) is 6.73. The molecule has 0 radical (unpaired) electrons. The summed E-state index contributed by atoms with van der Waals surface area (Å²) in [6.07, 6.45) is 6.26. The van der Waals surface area contributed by atoms with Crippen LogP contribution in [0, 0.1) is 0 Å². The van der Waals surface area contributed by atoms with Gasteiger partial charge in [-0.25, -0.2) is 0 Å². The predicted octanol–water partition coefficient (Wildman–Crippen LogP) is 1.75. The second kappa shape index (κ2) is 10.1. The van der Waals surface area contributed by atoms with Gasteiger partial charge in [-0.15, -0.1) is 24.0 Å². The molecular formula is C11H24IN3O. The number of rotatable bonds is 5. The van der Waals surface area contributed by atoms with Gasteiger partial charge in [-0.3, -0.25) is 4.99 Å². The van der Waals surface area contributed by atoms with Crippen LogP contribution in [0.5, 0.6) is 0 Å². The van der Waals surface area contributed by atoms with Gasteiger partial charge in [0.15, 0.2) is 5.96 Å². The van der Waals surface area contributed by atoms with Crippen LogP contribution in [-0.2, 0) is 4.74 Å². The molecule has 5 heteroatoms. The van der Waals surface area contributed by atoms with Crippen molar-refractivity contribution in [1.29, 1.82) is 0 Å². The Balaban J connectivity index is 0.00000225. The van der Waals surface area contributed by atoms with Gasteiger partial charge in [-0.2, -0.15) is 0 Å². The number of hydrogen-bond acceptors (Lipinski definition) is 2. The van der Waals surface area contributed by atoms with Crippen molar-refractivity contribution in [2.24, 2.45) is 4.99 Å². The van der Waals surface area contributed by atoms with Crippen molar-refractivity contribution in [2.75, 3.05) is 27.3 Å². The van der Waals surface area contributed by atoms with Gasteiger partial charge in [0.05, 0.1) is 0 Å². The van der Waals surface area contributed by atoms with E-state index >= 15 is 0 Å². The molecule has 96 valence electrons. The van der Waals surface area contributed by atoms with Crippen LogP contribution in [0.4, 0.5) is 0 Å². The maximum absolute atomic E-state index is 4.99. The normalized spacial score (nSPS) is 17.0. The predicted molar refractivity (Wildman–Crippen MR) is 78.7 cm³/mol. The van der Waals surface area contributed by atoms with E-state index in [1.165, 1.54) is 25.7 Å². The first-order valence-electron chi connectivity index (χ1n) is 5.83. The highest BCUT2D eigenvalue weighted by atomic mass is 127. The first-order valence-corrected chi connectivity index (χ1v) is 5.83. The van der Waals surface area contributed by atoms with E-state index in [4.69, 9.17) is 4.74 Å². The largest absolute Gasteiger partial charge is 0.385 e. The highest BCUT2D eigenvalue weighted by molar-refractivity contribution is 14.0. The molecule has 0 saturated heterocycles. The third-order valence-electron chi connectivity index (χ3n) is 2.74. The molecule has 0 aromatic rings. The lowest BCUT2D eigenvalue weighted by Crippen LogP contribution is -2.42. The third kappa shape index (κ3) is 6.52. The minimum Gasteiger partial charge on any atom is -0.385 e. The van der Waals surface area contributed by atoms with E-state index in [0.29, 0.717) is 6.04 Å². The summed E-state index contributed by atoms with van der Waals surface area (Å²) in [5.74, 6) is 0.929. The van der Waals surface area contributed by atoms with E-state index in [0.717, 1.165) is 25.5 Å². The monoisotopic (exact) mass is 341 g/mol. The number of methoxy groups -OCH3 is 1. The molecule has 0 aromatic carbocycles. The van der Waals surface area contributed by atoms with E-state index in [1.807, 2.05) is 7.05 Å². The molecule has 2 N–H and O–H groups in total. The molecule has 0 heterocycles. The lowest BCUT2D eigenvalue weighted by atomic mass is 10.2. The summed E-state index contributed by atoms with van der Waals surface area (Å²) in [7, 11) is 3.55. The fourth-order valence-electron chi connectivity index (χ4n) is 1.88. The zero-order chi connectivity index (χ0) is 10.9. The van der Waals surface area contributed by atoms with Gasteiger partial charge in [0.25, 0.3) is 0 Å². The van der Waals surface area contributed by atoms with Crippen molar-refractivity contribution < 1.29 is 4.74 Å². The van der Waals surface area contributed by atoms with Crippen LogP contribution >= 0.6 is 24.0 Å². The molecule has 0 atom stereocenters. The SMILES string of the molecule is CN=C(NCCCOC)NC1CCCC1.I. The molecule has 0 aliphatic heterocycles. The molecule has 0 bridgehead atoms. The van der Waals surface area contributed by atoms with Crippen LogP contribution in [0.25, 0.3) is 0 Å². The maximum Gasteiger partial charge on any atom is 0.191 e. The second-order valence-corrected chi connectivity index (χ2v) is 3.97. The van der Waals surface area contributed by atoms with Gasteiger partial charge in [-0.1, -0.05) is 12.8 Å². The number of aliphatic imine (C=N–C) groups is 1. The Kier molecular flexibility index (Phi) is 10.1. The summed E-state index contributed by atoms with van der Waals surface area (Å²) < 4.78 is 4.99. The Hall–Kier alpha value is -0.0400. The van der Waals surface area contributed by atoms with Crippen molar-refractivity contribution >= 4 is 29.9 Å². The zero-order valence-corrected chi connectivity index (χ0v) is 12.6. The average Bonchev–Trinajstić information content (AvgIpc) is 2.75. The molecule has 16 heavy (non-hydrogen) atoms. The summed E-state index contributed by atoms with van der Waals surface area (Å²) >= 11 is 0. The van der Waals surface area contributed by atoms with Gasteiger partial charge in [0.2, 0.25) is 0 Å². The summed E-state index contributed by atoms with van der Waals surface area (Å²) in [5.41, 5.74) is 0. The molecule has 1 rings (SSSR count). The number of halogens is 1. The van der Waals surface area contributed by atoms with Gasteiger partial charge in [0.1, 0.15) is 0 Å². The number of guanidine groups is 1. The van der Waals surface area contributed by atoms with Crippen molar-refractivity contribution in [3.05, 3.63) is 0 Å². The van der Waals surface area contributed by atoms with E-state index in [9.17, 15) is 0 Å². The van der Waals surface area contributed by atoms with Crippen molar-refractivity contribution in [2.45, 2.75) is 38.1 Å². The van der Waals surface area contributed by atoms with Crippen LogP contribution in [0.1, 0.15) is 32.1 Å². The summed E-state index contributed by atoms with van der Waals surface area (Å²) in [4.78, 5) is 4.20. The van der Waals surface area contributed by atoms with Gasteiger partial charge >= 0.3 is 0 Å². The highest BCUT2D eigenvalue weighted by Gasteiger charge is 2.15. The second-order valence-electron chi connectivity index (χ2n) is 3.97. The number of nitrogens with one attached hydrogen (secondary N) is 2. The first kappa shape index (κ1) is 16.0. The highest BCUT2D eigenvalue weighted by Crippen LogP contribution is 2.17. The molecule has 1 aliphatic carbocycles. The molecule has 1 saturated carbocycles. The molecule has 1 fully saturated rings. The molecule has 4 nitrogen and oxygen atoms in total. The van der Waals surface area contributed by atoms with Crippen molar-refractivity contribution in [1.82, 2.24) is 10.6 Å². The zero-order valence-electron chi connectivity index (χ0n) is 10.3. The maximum atomic E-state index is 4.99. The number of ether oxygens (including phenoxy) is 1. The molecule has 0 aromatic heterocycles. The topological polar surface area (TPSA) is 45.7 Å². The lowest BCUT2D eigenvalue weighted by Gasteiger charge is -2.16. The molecular weight excluding hydrogens is 317 g/mol. The van der Waals surface area contributed by atoms with Gasteiger partial charge in [-0.05, 0) is 19.3 Å². The Bertz CT molecular complexity index is 194. The van der Waals surface area contributed by atoms with Crippen LogP contribution < -0.4 is 10.6 Å². The van der Waals surface area contributed by atoms with Crippen LogP contribution in [-0.4, -0.2) is 39.3 Å². The van der Waals surface area contributed by atoms with Crippen molar-refractivity contribution in [3.8, 4) is 0 Å². The van der Waals surface area contributed by atoms with E-state index < -0.39 is 0 Å². The van der Waals surface area contributed by atoms with E-state index in [-0.39, 0.29) is 24.0 Å². The lowest BCUT2D eigenvalue weighted by molar-refractivity contribution is 0.195. The fourth-order valence-corrected chi connectivity index (χ4v) is 1.88. The Labute approximate surface area is 116 Å². The number of hydrogen-bond donors (Lipinski definition) is 2. The van der Waals surface area contributed by atoms with Crippen LogP contribution in [0.3, 0.4) is 0 Å².